The minimum atomic E-state index is 0.0768. The molecule has 0 bridgehead atoms. The lowest BCUT2D eigenvalue weighted by molar-refractivity contribution is -0.120. The molecule has 0 unspecified atom stereocenters. The molecular weight excluding hydrogens is 244 g/mol. The lowest BCUT2D eigenvalue weighted by Crippen LogP contribution is -2.26. The van der Waals surface area contributed by atoms with Crippen molar-refractivity contribution in [2.45, 2.75) is 12.8 Å². The Labute approximate surface area is 111 Å². The highest BCUT2D eigenvalue weighted by atomic mass is 32.1. The lowest BCUT2D eigenvalue weighted by Gasteiger charge is -2.05. The van der Waals surface area contributed by atoms with Crippen LogP contribution in [0.5, 0.6) is 0 Å². The van der Waals surface area contributed by atoms with Crippen LogP contribution in [0.3, 0.4) is 0 Å². The second-order valence-electron chi connectivity index (χ2n) is 4.10. The van der Waals surface area contributed by atoms with Crippen molar-refractivity contribution in [3.63, 3.8) is 0 Å². The Morgan fingerprint density at radius 1 is 1.22 bits per heavy atom. The van der Waals surface area contributed by atoms with Gasteiger partial charge in [-0.15, -0.1) is 11.3 Å². The Bertz CT molecular complexity index is 491. The zero-order valence-corrected chi connectivity index (χ0v) is 10.9. The van der Waals surface area contributed by atoms with E-state index in [4.69, 9.17) is 5.73 Å². The van der Waals surface area contributed by atoms with E-state index in [-0.39, 0.29) is 5.91 Å². The van der Waals surface area contributed by atoms with Crippen LogP contribution >= 0.6 is 11.3 Å². The summed E-state index contributed by atoms with van der Waals surface area (Å²) in [6.07, 6.45) is 1.30. The normalized spacial score (nSPS) is 10.2. The highest BCUT2D eigenvalue weighted by Crippen LogP contribution is 2.09. The van der Waals surface area contributed by atoms with Crippen LogP contribution in [0.4, 0.5) is 5.69 Å². The van der Waals surface area contributed by atoms with Crippen LogP contribution in [0.1, 0.15) is 10.4 Å². The van der Waals surface area contributed by atoms with Gasteiger partial charge in [-0.05, 0) is 35.6 Å². The van der Waals surface area contributed by atoms with Gasteiger partial charge in [-0.2, -0.15) is 0 Å². The Morgan fingerprint density at radius 3 is 2.67 bits per heavy atom. The van der Waals surface area contributed by atoms with Gasteiger partial charge in [-0.3, -0.25) is 4.79 Å². The van der Waals surface area contributed by atoms with Gasteiger partial charge in [0.25, 0.3) is 0 Å². The van der Waals surface area contributed by atoms with Crippen molar-refractivity contribution in [1.29, 1.82) is 0 Å². The number of thiophene rings is 1. The van der Waals surface area contributed by atoms with Crippen molar-refractivity contribution in [2.24, 2.45) is 0 Å². The molecule has 18 heavy (non-hydrogen) atoms. The summed E-state index contributed by atoms with van der Waals surface area (Å²) in [6, 6.07) is 11.7. The van der Waals surface area contributed by atoms with Crippen LogP contribution in [-0.4, -0.2) is 12.5 Å². The highest BCUT2D eigenvalue weighted by molar-refractivity contribution is 7.10. The molecule has 0 saturated carbocycles. The number of hydrogen-bond acceptors (Lipinski definition) is 3. The number of carbonyl (C=O) groups is 1. The molecule has 0 aliphatic carbocycles. The molecule has 0 fully saturated rings. The van der Waals surface area contributed by atoms with Crippen LogP contribution in [0.25, 0.3) is 0 Å². The van der Waals surface area contributed by atoms with E-state index in [1.54, 1.807) is 11.3 Å². The number of carbonyl (C=O) groups excluding carboxylic acids is 1. The Kier molecular flexibility index (Phi) is 4.36. The monoisotopic (exact) mass is 260 g/mol. The second-order valence-corrected chi connectivity index (χ2v) is 5.13. The summed E-state index contributed by atoms with van der Waals surface area (Å²) in [5, 5.41) is 4.90. The van der Waals surface area contributed by atoms with E-state index < -0.39 is 0 Å². The predicted octanol–water partition coefficient (Wildman–Crippen LogP) is 2.23. The number of nitrogen functional groups attached to an aromatic ring is 1. The van der Waals surface area contributed by atoms with Gasteiger partial charge in [-0.1, -0.05) is 18.2 Å². The fourth-order valence-corrected chi connectivity index (χ4v) is 2.37. The average Bonchev–Trinajstić information content (AvgIpc) is 2.84. The van der Waals surface area contributed by atoms with E-state index in [1.165, 1.54) is 5.56 Å². The summed E-state index contributed by atoms with van der Waals surface area (Å²) >= 11 is 1.61. The second kappa shape index (κ2) is 6.21. The molecule has 2 aromatic rings. The number of anilines is 1. The van der Waals surface area contributed by atoms with Crippen LogP contribution in [0.2, 0.25) is 0 Å². The molecule has 0 aliphatic heterocycles. The molecule has 1 heterocycles. The molecule has 0 atom stereocenters. The minimum absolute atomic E-state index is 0.0768. The maximum Gasteiger partial charge on any atom is 0.225 e. The van der Waals surface area contributed by atoms with Crippen molar-refractivity contribution in [3.05, 3.63) is 52.2 Å². The highest BCUT2D eigenvalue weighted by Gasteiger charge is 2.03. The van der Waals surface area contributed by atoms with Gasteiger partial charge in [0.1, 0.15) is 0 Å². The van der Waals surface area contributed by atoms with Gasteiger partial charge in [0.15, 0.2) is 0 Å². The van der Waals surface area contributed by atoms with Crippen LogP contribution in [0.15, 0.2) is 41.8 Å². The zero-order chi connectivity index (χ0) is 12.8. The number of benzene rings is 1. The third kappa shape index (κ3) is 3.89. The molecular formula is C14H16N2OS. The van der Waals surface area contributed by atoms with Gasteiger partial charge in [0, 0.05) is 17.1 Å². The molecule has 3 nitrogen and oxygen atoms in total. The summed E-state index contributed by atoms with van der Waals surface area (Å²) in [4.78, 5) is 12.7. The number of nitrogens with one attached hydrogen (secondary N) is 1. The van der Waals surface area contributed by atoms with E-state index in [9.17, 15) is 4.79 Å². The Hall–Kier alpha value is -1.81. The predicted molar refractivity (Wildman–Crippen MR) is 75.6 cm³/mol. The SMILES string of the molecule is Nc1ccc(CCNC(=O)Cc2cccs2)cc1. The largest absolute Gasteiger partial charge is 0.399 e. The zero-order valence-electron chi connectivity index (χ0n) is 10.1. The van der Waals surface area contributed by atoms with Crippen LogP contribution in [-0.2, 0) is 17.6 Å². The van der Waals surface area contributed by atoms with Gasteiger partial charge < -0.3 is 11.1 Å². The third-order valence-corrected chi connectivity index (χ3v) is 3.51. The average molecular weight is 260 g/mol. The first-order valence-corrected chi connectivity index (χ1v) is 6.75. The number of amides is 1. The molecule has 0 spiro atoms. The molecule has 0 aliphatic rings. The summed E-state index contributed by atoms with van der Waals surface area (Å²) in [6.45, 7) is 0.661. The first-order chi connectivity index (χ1) is 8.74. The topological polar surface area (TPSA) is 55.1 Å². The van der Waals surface area contributed by atoms with Crippen molar-refractivity contribution >= 4 is 22.9 Å². The summed E-state index contributed by atoms with van der Waals surface area (Å²) in [7, 11) is 0. The maximum absolute atomic E-state index is 11.6. The first kappa shape index (κ1) is 12.6. The van der Waals surface area contributed by atoms with Crippen molar-refractivity contribution in [2.75, 3.05) is 12.3 Å². The fraction of sp³-hybridized carbons (Fsp3) is 0.214. The van der Waals surface area contributed by atoms with Gasteiger partial charge in [-0.25, -0.2) is 0 Å². The molecule has 1 amide bonds. The van der Waals surface area contributed by atoms with E-state index >= 15 is 0 Å². The molecule has 2 rings (SSSR count). The van der Waals surface area contributed by atoms with Crippen molar-refractivity contribution in [1.82, 2.24) is 5.32 Å². The molecule has 0 saturated heterocycles. The van der Waals surface area contributed by atoms with Crippen molar-refractivity contribution < 1.29 is 4.79 Å². The van der Waals surface area contributed by atoms with Gasteiger partial charge in [0.2, 0.25) is 5.91 Å². The third-order valence-electron chi connectivity index (χ3n) is 2.63. The molecule has 4 heteroatoms. The van der Waals surface area contributed by atoms with Gasteiger partial charge >= 0.3 is 0 Å². The lowest BCUT2D eigenvalue weighted by atomic mass is 10.1. The Balaban J connectivity index is 1.72. The van der Waals surface area contributed by atoms with E-state index in [0.717, 1.165) is 17.0 Å². The first-order valence-electron chi connectivity index (χ1n) is 5.87. The smallest absolute Gasteiger partial charge is 0.225 e. The summed E-state index contributed by atoms with van der Waals surface area (Å²) in [5.74, 6) is 0.0768. The van der Waals surface area contributed by atoms with Crippen LogP contribution < -0.4 is 11.1 Å². The number of nitrogens with two attached hydrogens (primary N) is 1. The van der Waals surface area contributed by atoms with Crippen molar-refractivity contribution in [3.8, 4) is 0 Å². The molecule has 1 aromatic heterocycles. The van der Waals surface area contributed by atoms with Gasteiger partial charge in [0.05, 0.1) is 6.42 Å². The maximum atomic E-state index is 11.6. The molecule has 1 aromatic carbocycles. The standard InChI is InChI=1S/C14H16N2OS/c15-12-5-3-11(4-6-12)7-8-16-14(17)10-13-2-1-9-18-13/h1-6,9H,7-8,10,15H2,(H,16,17). The number of hydrogen-bond donors (Lipinski definition) is 2. The van der Waals surface area contributed by atoms with E-state index in [0.29, 0.717) is 13.0 Å². The van der Waals surface area contributed by atoms with E-state index in [2.05, 4.69) is 5.32 Å². The summed E-state index contributed by atoms with van der Waals surface area (Å²) in [5.41, 5.74) is 7.56. The molecule has 94 valence electrons. The fourth-order valence-electron chi connectivity index (χ4n) is 1.66. The quantitative estimate of drug-likeness (QED) is 0.810. The molecule has 0 radical (unpaired) electrons. The Morgan fingerprint density at radius 2 is 2.00 bits per heavy atom. The molecule has 3 N–H and O–H groups in total. The van der Waals surface area contributed by atoms with E-state index in [1.807, 2.05) is 41.8 Å². The van der Waals surface area contributed by atoms with Crippen LogP contribution in [0, 0.1) is 0 Å². The summed E-state index contributed by atoms with van der Waals surface area (Å²) < 4.78 is 0. The number of rotatable bonds is 5. The minimum Gasteiger partial charge on any atom is -0.399 e.